The van der Waals surface area contributed by atoms with Gasteiger partial charge in [0.05, 0.1) is 23.0 Å². The molecule has 33 heavy (non-hydrogen) atoms. The first-order valence-corrected chi connectivity index (χ1v) is 11.3. The van der Waals surface area contributed by atoms with Gasteiger partial charge in [0.15, 0.2) is 0 Å². The fourth-order valence-corrected chi connectivity index (χ4v) is 4.25. The van der Waals surface area contributed by atoms with E-state index in [9.17, 15) is 14.4 Å². The molecule has 0 bridgehead atoms. The van der Waals surface area contributed by atoms with E-state index < -0.39 is 11.6 Å². The number of nitrogens with zero attached hydrogens (tertiary/aromatic N) is 1. The van der Waals surface area contributed by atoms with E-state index >= 15 is 0 Å². The fourth-order valence-electron chi connectivity index (χ4n) is 4.25. The third-order valence-electron chi connectivity index (χ3n) is 6.16. The molecule has 2 atom stereocenters. The van der Waals surface area contributed by atoms with Gasteiger partial charge >= 0.3 is 0 Å². The Morgan fingerprint density at radius 2 is 1.91 bits per heavy atom. The minimum Gasteiger partial charge on any atom is -0.376 e. The maximum absolute atomic E-state index is 13.6. The Kier molecular flexibility index (Phi) is 6.37. The Hall–Kier alpha value is -3.39. The fraction of sp³-hybridized carbons (Fsp3) is 0.400. The molecule has 3 amide bonds. The van der Waals surface area contributed by atoms with Crippen molar-refractivity contribution in [2.75, 3.05) is 28.7 Å². The number of benzene rings is 2. The number of amides is 3. The number of carbonyl (C=O) groups excluding carboxylic acids is 3. The Balaban J connectivity index is 1.53. The second-order valence-electron chi connectivity index (χ2n) is 8.96. The Morgan fingerprint density at radius 1 is 1.18 bits per heavy atom. The quantitative estimate of drug-likeness (QED) is 0.628. The molecular formula is C25H30N4O4. The van der Waals surface area contributed by atoms with E-state index in [1.807, 2.05) is 24.3 Å². The van der Waals surface area contributed by atoms with Gasteiger partial charge in [-0.2, -0.15) is 0 Å². The van der Waals surface area contributed by atoms with Crippen LogP contribution < -0.4 is 20.9 Å². The summed E-state index contributed by atoms with van der Waals surface area (Å²) in [4.78, 5) is 40.6. The van der Waals surface area contributed by atoms with Crippen molar-refractivity contribution in [3.63, 3.8) is 0 Å². The number of rotatable bonds is 6. The SMILES string of the molecule is C[C@@H](Nc1ccccc1C(=O)NC[C@@H]1CCCO1)C(=O)N1c2ccccc2NC(=O)C1(C)C. The van der Waals surface area contributed by atoms with E-state index in [1.54, 1.807) is 45.0 Å². The average molecular weight is 451 g/mol. The lowest BCUT2D eigenvalue weighted by atomic mass is 9.95. The molecule has 4 rings (SSSR count). The van der Waals surface area contributed by atoms with Gasteiger partial charge in [-0.3, -0.25) is 19.3 Å². The summed E-state index contributed by atoms with van der Waals surface area (Å²) in [5, 5.41) is 8.98. The minimum absolute atomic E-state index is 0.0436. The Bertz CT molecular complexity index is 1060. The monoisotopic (exact) mass is 450 g/mol. The van der Waals surface area contributed by atoms with Gasteiger partial charge in [-0.1, -0.05) is 24.3 Å². The van der Waals surface area contributed by atoms with E-state index in [4.69, 9.17) is 4.74 Å². The number of anilines is 3. The third kappa shape index (κ3) is 4.57. The molecule has 0 radical (unpaired) electrons. The van der Waals surface area contributed by atoms with Gasteiger partial charge in [-0.15, -0.1) is 0 Å². The zero-order chi connectivity index (χ0) is 23.6. The Morgan fingerprint density at radius 3 is 2.67 bits per heavy atom. The molecule has 2 aliphatic heterocycles. The molecule has 174 valence electrons. The van der Waals surface area contributed by atoms with E-state index in [2.05, 4.69) is 16.0 Å². The normalized spacial score (nSPS) is 19.9. The molecule has 8 nitrogen and oxygen atoms in total. The van der Waals surface area contributed by atoms with Crippen LogP contribution in [0.2, 0.25) is 0 Å². The molecule has 0 unspecified atom stereocenters. The Labute approximate surface area is 193 Å². The van der Waals surface area contributed by atoms with Crippen LogP contribution in [0.1, 0.15) is 44.0 Å². The van der Waals surface area contributed by atoms with Gasteiger partial charge in [-0.05, 0) is 57.9 Å². The highest BCUT2D eigenvalue weighted by Crippen LogP contribution is 2.37. The van der Waals surface area contributed by atoms with Gasteiger partial charge in [0.2, 0.25) is 11.8 Å². The van der Waals surface area contributed by atoms with Crippen LogP contribution in [0.15, 0.2) is 48.5 Å². The van der Waals surface area contributed by atoms with Crippen LogP contribution in [0.25, 0.3) is 0 Å². The number of hydrogen-bond donors (Lipinski definition) is 3. The molecule has 0 aromatic heterocycles. The highest BCUT2D eigenvalue weighted by Gasteiger charge is 2.44. The summed E-state index contributed by atoms with van der Waals surface area (Å²) in [7, 11) is 0. The van der Waals surface area contributed by atoms with Crippen molar-refractivity contribution in [3.05, 3.63) is 54.1 Å². The summed E-state index contributed by atoms with van der Waals surface area (Å²) < 4.78 is 5.58. The number of carbonyl (C=O) groups is 3. The molecule has 0 spiro atoms. The molecular weight excluding hydrogens is 420 g/mol. The van der Waals surface area contributed by atoms with E-state index in [0.29, 0.717) is 29.2 Å². The summed E-state index contributed by atoms with van der Waals surface area (Å²) in [5.74, 6) is -0.746. The van der Waals surface area contributed by atoms with Crippen molar-refractivity contribution in [2.45, 2.75) is 51.3 Å². The van der Waals surface area contributed by atoms with Gasteiger partial charge < -0.3 is 20.7 Å². The second-order valence-corrected chi connectivity index (χ2v) is 8.96. The van der Waals surface area contributed by atoms with Crippen molar-refractivity contribution in [2.24, 2.45) is 0 Å². The lowest BCUT2D eigenvalue weighted by Crippen LogP contribution is -2.61. The zero-order valence-corrected chi connectivity index (χ0v) is 19.2. The predicted octanol–water partition coefficient (Wildman–Crippen LogP) is 3.16. The summed E-state index contributed by atoms with van der Waals surface area (Å²) in [5.41, 5.74) is 1.17. The summed E-state index contributed by atoms with van der Waals surface area (Å²) in [6.45, 7) is 6.35. The molecule has 3 N–H and O–H groups in total. The number of ether oxygens (including phenoxy) is 1. The number of nitrogens with one attached hydrogen (secondary N) is 3. The maximum atomic E-state index is 13.6. The highest BCUT2D eigenvalue weighted by molar-refractivity contribution is 6.15. The number of hydrogen-bond acceptors (Lipinski definition) is 5. The van der Waals surface area contributed by atoms with Crippen LogP contribution >= 0.6 is 0 Å². The summed E-state index contributed by atoms with van der Waals surface area (Å²) in [6, 6.07) is 13.6. The average Bonchev–Trinajstić information content (AvgIpc) is 3.32. The lowest BCUT2D eigenvalue weighted by Gasteiger charge is -2.43. The molecule has 2 aromatic carbocycles. The van der Waals surface area contributed by atoms with E-state index in [0.717, 1.165) is 19.4 Å². The first-order valence-electron chi connectivity index (χ1n) is 11.3. The van der Waals surface area contributed by atoms with Crippen LogP contribution in [0, 0.1) is 0 Å². The van der Waals surface area contributed by atoms with Crippen molar-refractivity contribution in [1.82, 2.24) is 5.32 Å². The first kappa shape index (κ1) is 22.8. The molecule has 8 heteroatoms. The minimum atomic E-state index is -1.07. The maximum Gasteiger partial charge on any atom is 0.253 e. The molecule has 2 heterocycles. The van der Waals surface area contributed by atoms with Crippen LogP contribution in [-0.2, 0) is 14.3 Å². The highest BCUT2D eigenvalue weighted by atomic mass is 16.5. The van der Waals surface area contributed by atoms with Crippen molar-refractivity contribution < 1.29 is 19.1 Å². The largest absolute Gasteiger partial charge is 0.376 e. The molecule has 1 saturated heterocycles. The summed E-state index contributed by atoms with van der Waals surface area (Å²) >= 11 is 0. The lowest BCUT2D eigenvalue weighted by molar-refractivity contribution is -0.126. The molecule has 1 fully saturated rings. The molecule has 2 aliphatic rings. The summed E-state index contributed by atoms with van der Waals surface area (Å²) in [6.07, 6.45) is 1.99. The molecule has 0 aliphatic carbocycles. The smallest absolute Gasteiger partial charge is 0.253 e. The number of fused-ring (bicyclic) bond motifs is 1. The number of para-hydroxylation sites is 3. The first-order chi connectivity index (χ1) is 15.8. The zero-order valence-electron chi connectivity index (χ0n) is 19.2. The van der Waals surface area contributed by atoms with E-state index in [-0.39, 0.29) is 23.8 Å². The second kappa shape index (κ2) is 9.23. The van der Waals surface area contributed by atoms with Crippen LogP contribution in [-0.4, -0.2) is 48.6 Å². The predicted molar refractivity (Wildman–Crippen MR) is 127 cm³/mol. The van der Waals surface area contributed by atoms with Crippen LogP contribution in [0.4, 0.5) is 17.1 Å². The van der Waals surface area contributed by atoms with Crippen molar-refractivity contribution >= 4 is 34.8 Å². The van der Waals surface area contributed by atoms with Crippen LogP contribution in [0.5, 0.6) is 0 Å². The van der Waals surface area contributed by atoms with Crippen LogP contribution in [0.3, 0.4) is 0 Å². The molecule has 0 saturated carbocycles. The van der Waals surface area contributed by atoms with Gasteiger partial charge in [-0.25, -0.2) is 0 Å². The molecule has 2 aromatic rings. The van der Waals surface area contributed by atoms with E-state index in [1.165, 1.54) is 4.90 Å². The topological polar surface area (TPSA) is 99.8 Å². The van der Waals surface area contributed by atoms with Gasteiger partial charge in [0, 0.05) is 18.8 Å². The van der Waals surface area contributed by atoms with Gasteiger partial charge in [0.1, 0.15) is 11.6 Å². The van der Waals surface area contributed by atoms with Crippen molar-refractivity contribution in [1.29, 1.82) is 0 Å². The third-order valence-corrected chi connectivity index (χ3v) is 6.16. The van der Waals surface area contributed by atoms with Crippen molar-refractivity contribution in [3.8, 4) is 0 Å². The standard InChI is InChI=1S/C25H30N4O4/c1-16(23(31)29-21-13-7-6-12-20(21)28-24(32)25(29,2)3)27-19-11-5-4-10-18(19)22(30)26-15-17-9-8-14-33-17/h4-7,10-13,16-17,27H,8-9,14-15H2,1-3H3,(H,26,30)(H,28,32)/t16-,17+/m1/s1. The van der Waals surface area contributed by atoms with Gasteiger partial charge in [0.25, 0.3) is 5.91 Å².